The lowest BCUT2D eigenvalue weighted by atomic mass is 10.1. The maximum Gasteiger partial charge on any atom is 0.255 e. The third-order valence-electron chi connectivity index (χ3n) is 5.11. The topological polar surface area (TPSA) is 75.7 Å². The fourth-order valence-electron chi connectivity index (χ4n) is 3.62. The van der Waals surface area contributed by atoms with Crippen molar-refractivity contribution in [3.05, 3.63) is 53.1 Å². The highest BCUT2D eigenvalue weighted by molar-refractivity contribution is 7.90. The van der Waals surface area contributed by atoms with Crippen LogP contribution in [0.5, 0.6) is 5.75 Å². The van der Waals surface area contributed by atoms with E-state index in [1.807, 2.05) is 26.0 Å². The first-order valence-corrected chi connectivity index (χ1v) is 12.2. The van der Waals surface area contributed by atoms with Crippen LogP contribution in [-0.2, 0) is 16.4 Å². The van der Waals surface area contributed by atoms with E-state index in [9.17, 15) is 13.2 Å². The third kappa shape index (κ3) is 5.33. The van der Waals surface area contributed by atoms with Crippen molar-refractivity contribution in [2.24, 2.45) is 0 Å². The Labute approximate surface area is 179 Å². The van der Waals surface area contributed by atoms with E-state index < -0.39 is 9.84 Å². The molecule has 0 radical (unpaired) electrons. The number of carbonyl (C=O) groups is 1. The Hall–Kier alpha value is -2.54. The fraction of sp³-hybridized carbons (Fsp3) is 0.435. The van der Waals surface area contributed by atoms with E-state index in [1.54, 1.807) is 6.07 Å². The summed E-state index contributed by atoms with van der Waals surface area (Å²) in [5, 5.41) is 2.95. The summed E-state index contributed by atoms with van der Waals surface area (Å²) in [6.07, 6.45) is 3.34. The van der Waals surface area contributed by atoms with Gasteiger partial charge in [-0.2, -0.15) is 0 Å². The second kappa shape index (κ2) is 9.08. The fourth-order valence-corrected chi connectivity index (χ4v) is 4.27. The Morgan fingerprint density at radius 3 is 2.47 bits per heavy atom. The number of aryl methyl sites for hydroxylation is 1. The van der Waals surface area contributed by atoms with Crippen molar-refractivity contribution in [2.45, 2.75) is 51.2 Å². The summed E-state index contributed by atoms with van der Waals surface area (Å²) in [6.45, 7) is 8.19. The molecule has 30 heavy (non-hydrogen) atoms. The number of hydrogen-bond acceptors (Lipinski definition) is 5. The number of benzene rings is 2. The van der Waals surface area contributed by atoms with Gasteiger partial charge in [-0.05, 0) is 69.0 Å². The van der Waals surface area contributed by atoms with Crippen molar-refractivity contribution in [3.8, 4) is 5.75 Å². The maximum atomic E-state index is 13.0. The number of carbonyl (C=O) groups excluding carboxylic acids is 1. The zero-order valence-corrected chi connectivity index (χ0v) is 18.9. The molecule has 0 bridgehead atoms. The molecule has 1 saturated heterocycles. The van der Waals surface area contributed by atoms with Crippen molar-refractivity contribution in [3.63, 3.8) is 0 Å². The average Bonchev–Trinajstić information content (AvgIpc) is 3.20. The van der Waals surface area contributed by atoms with Gasteiger partial charge in [0.1, 0.15) is 5.75 Å². The second-order valence-corrected chi connectivity index (χ2v) is 10.1. The van der Waals surface area contributed by atoms with Crippen LogP contribution in [0.25, 0.3) is 0 Å². The van der Waals surface area contributed by atoms with Gasteiger partial charge in [-0.15, -0.1) is 0 Å². The Morgan fingerprint density at radius 1 is 1.13 bits per heavy atom. The summed E-state index contributed by atoms with van der Waals surface area (Å²) >= 11 is 0. The van der Waals surface area contributed by atoms with Gasteiger partial charge in [0.05, 0.1) is 16.6 Å². The van der Waals surface area contributed by atoms with E-state index >= 15 is 0 Å². The van der Waals surface area contributed by atoms with Crippen LogP contribution in [0.3, 0.4) is 0 Å². The highest BCUT2D eigenvalue weighted by Gasteiger charge is 2.20. The highest BCUT2D eigenvalue weighted by atomic mass is 32.2. The molecular formula is C23H30N2O4S. The van der Waals surface area contributed by atoms with Crippen LogP contribution in [0, 0.1) is 6.92 Å². The van der Waals surface area contributed by atoms with E-state index in [0.29, 0.717) is 12.3 Å². The van der Waals surface area contributed by atoms with Crippen molar-refractivity contribution < 1.29 is 17.9 Å². The van der Waals surface area contributed by atoms with Gasteiger partial charge in [0.15, 0.2) is 9.84 Å². The number of anilines is 1. The molecule has 1 aliphatic heterocycles. The van der Waals surface area contributed by atoms with E-state index in [-0.39, 0.29) is 22.5 Å². The van der Waals surface area contributed by atoms with Crippen LogP contribution >= 0.6 is 0 Å². The van der Waals surface area contributed by atoms with Gasteiger partial charge in [0, 0.05) is 31.6 Å². The van der Waals surface area contributed by atoms with Gasteiger partial charge in [-0.25, -0.2) is 8.42 Å². The molecule has 6 nitrogen and oxygen atoms in total. The quantitative estimate of drug-likeness (QED) is 0.725. The summed E-state index contributed by atoms with van der Waals surface area (Å²) in [4.78, 5) is 15.4. The van der Waals surface area contributed by atoms with E-state index in [0.717, 1.165) is 30.6 Å². The van der Waals surface area contributed by atoms with E-state index in [2.05, 4.69) is 23.2 Å². The minimum atomic E-state index is -3.44. The molecule has 1 heterocycles. The minimum absolute atomic E-state index is 0.0943. The first-order chi connectivity index (χ1) is 14.1. The monoisotopic (exact) mass is 430 g/mol. The number of nitrogens with one attached hydrogen (secondary N) is 1. The van der Waals surface area contributed by atoms with Gasteiger partial charge >= 0.3 is 0 Å². The third-order valence-corrected chi connectivity index (χ3v) is 6.22. The molecule has 0 spiro atoms. The van der Waals surface area contributed by atoms with E-state index in [1.165, 1.54) is 30.5 Å². The van der Waals surface area contributed by atoms with Crippen LogP contribution in [0.1, 0.15) is 48.2 Å². The molecule has 162 valence electrons. The lowest BCUT2D eigenvalue weighted by Crippen LogP contribution is -2.26. The minimum Gasteiger partial charge on any atom is -0.490 e. The molecule has 3 rings (SSSR count). The maximum absolute atomic E-state index is 13.0. The Bertz CT molecular complexity index is 1030. The number of sulfone groups is 1. The number of hydrogen-bond donors (Lipinski definition) is 1. The Kier molecular flexibility index (Phi) is 6.71. The van der Waals surface area contributed by atoms with Gasteiger partial charge in [-0.3, -0.25) is 4.79 Å². The normalized spacial score (nSPS) is 14.2. The van der Waals surface area contributed by atoms with Gasteiger partial charge in [-0.1, -0.05) is 12.1 Å². The largest absolute Gasteiger partial charge is 0.490 e. The summed E-state index contributed by atoms with van der Waals surface area (Å²) in [5.41, 5.74) is 3.60. The summed E-state index contributed by atoms with van der Waals surface area (Å²) in [5.74, 6) is 0.0164. The van der Waals surface area contributed by atoms with Crippen LogP contribution in [0.15, 0.2) is 41.3 Å². The molecule has 0 saturated carbocycles. The smallest absolute Gasteiger partial charge is 0.255 e. The first-order valence-electron chi connectivity index (χ1n) is 10.3. The van der Waals surface area contributed by atoms with Gasteiger partial charge < -0.3 is 15.0 Å². The molecule has 1 N–H and O–H groups in total. The number of amides is 1. The zero-order chi connectivity index (χ0) is 21.9. The molecule has 2 aromatic rings. The number of nitrogens with zero attached hydrogens (tertiary/aromatic N) is 1. The van der Waals surface area contributed by atoms with Gasteiger partial charge in [0.2, 0.25) is 0 Å². The standard InChI is InChI=1S/C23H30N2O4S/c1-16(2)29-22-10-9-19(30(4,27)28)14-20(22)23(26)24-15-18-8-7-17(3)13-21(18)25-11-5-6-12-25/h7-10,13-14,16H,5-6,11-12,15H2,1-4H3,(H,24,26). The van der Waals surface area contributed by atoms with Gasteiger partial charge in [0.25, 0.3) is 5.91 Å². The SMILES string of the molecule is Cc1ccc(CNC(=O)c2cc(S(C)(=O)=O)ccc2OC(C)C)c(N2CCCC2)c1. The predicted molar refractivity (Wildman–Crippen MR) is 119 cm³/mol. The van der Waals surface area contributed by atoms with Crippen molar-refractivity contribution >= 4 is 21.4 Å². The zero-order valence-electron chi connectivity index (χ0n) is 18.1. The Balaban J connectivity index is 1.86. The van der Waals surface area contributed by atoms with E-state index in [4.69, 9.17) is 4.74 Å². The molecular weight excluding hydrogens is 400 g/mol. The summed E-state index contributed by atoms with van der Waals surface area (Å²) in [6, 6.07) is 10.6. The molecule has 1 aliphatic rings. The molecule has 1 amide bonds. The average molecular weight is 431 g/mol. The second-order valence-electron chi connectivity index (χ2n) is 8.11. The first kappa shape index (κ1) is 22.2. The van der Waals surface area contributed by atoms with Crippen LogP contribution in [-0.4, -0.2) is 39.8 Å². The van der Waals surface area contributed by atoms with Crippen molar-refractivity contribution in [2.75, 3.05) is 24.2 Å². The van der Waals surface area contributed by atoms with Crippen LogP contribution in [0.2, 0.25) is 0 Å². The van der Waals surface area contributed by atoms with Crippen molar-refractivity contribution in [1.29, 1.82) is 0 Å². The molecule has 0 aliphatic carbocycles. The lowest BCUT2D eigenvalue weighted by Gasteiger charge is -2.22. The molecule has 0 unspecified atom stereocenters. The van der Waals surface area contributed by atoms with Crippen LogP contribution < -0.4 is 15.0 Å². The molecule has 0 aromatic heterocycles. The highest BCUT2D eigenvalue weighted by Crippen LogP contribution is 2.27. The summed E-state index contributed by atoms with van der Waals surface area (Å²) in [7, 11) is -3.44. The molecule has 1 fully saturated rings. The Morgan fingerprint density at radius 2 is 1.83 bits per heavy atom. The molecule has 0 atom stereocenters. The summed E-state index contributed by atoms with van der Waals surface area (Å²) < 4.78 is 29.7. The number of ether oxygens (including phenoxy) is 1. The van der Waals surface area contributed by atoms with Crippen LogP contribution in [0.4, 0.5) is 5.69 Å². The lowest BCUT2D eigenvalue weighted by molar-refractivity contribution is 0.0945. The predicted octanol–water partition coefficient (Wildman–Crippen LogP) is 3.72. The van der Waals surface area contributed by atoms with Crippen molar-refractivity contribution in [1.82, 2.24) is 5.32 Å². The molecule has 7 heteroatoms. The molecule has 2 aromatic carbocycles. The number of rotatable bonds is 7.